The van der Waals surface area contributed by atoms with E-state index < -0.39 is 53.7 Å². The van der Waals surface area contributed by atoms with Gasteiger partial charge in [-0.1, -0.05) is 18.2 Å². The highest BCUT2D eigenvalue weighted by molar-refractivity contribution is 5.93. The van der Waals surface area contributed by atoms with E-state index in [0.717, 1.165) is 5.57 Å². The number of esters is 4. The van der Waals surface area contributed by atoms with Crippen molar-refractivity contribution in [3.8, 4) is 0 Å². The molecule has 1 aliphatic carbocycles. The Hall–Kier alpha value is -2.94. The molecule has 9 nitrogen and oxygen atoms in total. The van der Waals surface area contributed by atoms with Crippen LogP contribution in [0.15, 0.2) is 35.5 Å². The summed E-state index contributed by atoms with van der Waals surface area (Å²) in [5.41, 5.74) is -0.216. The zero-order chi connectivity index (χ0) is 23.8. The number of hydrogen-bond donors (Lipinski definition) is 0. The van der Waals surface area contributed by atoms with Gasteiger partial charge in [0, 0.05) is 12.5 Å². The summed E-state index contributed by atoms with van der Waals surface area (Å²) in [6.45, 7) is 10.2. The van der Waals surface area contributed by atoms with Gasteiger partial charge < -0.3 is 23.7 Å². The van der Waals surface area contributed by atoms with Gasteiger partial charge in [-0.3, -0.25) is 4.79 Å². The molecule has 3 rings (SSSR count). The van der Waals surface area contributed by atoms with E-state index in [9.17, 15) is 19.2 Å². The summed E-state index contributed by atoms with van der Waals surface area (Å²) in [5, 5.41) is 0. The molecule has 6 atom stereocenters. The molecule has 3 aliphatic rings. The van der Waals surface area contributed by atoms with Crippen molar-refractivity contribution in [2.75, 3.05) is 7.11 Å². The molecule has 2 heterocycles. The average Bonchev–Trinajstić information content (AvgIpc) is 3.25. The maximum Gasteiger partial charge on any atom is 0.341 e. The molecular weight excluding hydrogens is 420 g/mol. The Labute approximate surface area is 186 Å². The third-order valence-corrected chi connectivity index (χ3v) is 6.07. The van der Waals surface area contributed by atoms with E-state index in [2.05, 4.69) is 6.58 Å². The summed E-state index contributed by atoms with van der Waals surface area (Å²) < 4.78 is 27.1. The largest absolute Gasteiger partial charge is 0.466 e. The van der Waals surface area contributed by atoms with Crippen LogP contribution >= 0.6 is 0 Å². The summed E-state index contributed by atoms with van der Waals surface area (Å²) in [4.78, 5) is 50.0. The van der Waals surface area contributed by atoms with E-state index in [-0.39, 0.29) is 17.3 Å². The summed E-state index contributed by atoms with van der Waals surface area (Å²) >= 11 is 0. The normalized spacial score (nSPS) is 37.6. The minimum Gasteiger partial charge on any atom is -0.466 e. The van der Waals surface area contributed by atoms with Gasteiger partial charge in [0.05, 0.1) is 24.7 Å². The third-order valence-electron chi connectivity index (χ3n) is 6.07. The molecule has 0 N–H and O–H groups in total. The van der Waals surface area contributed by atoms with Crippen LogP contribution in [-0.2, 0) is 42.9 Å². The maximum atomic E-state index is 13.0. The topological polar surface area (TPSA) is 118 Å². The number of fused-ring (bicyclic) bond motifs is 1. The molecule has 2 aliphatic heterocycles. The number of epoxide rings is 1. The van der Waals surface area contributed by atoms with Gasteiger partial charge in [-0.25, -0.2) is 14.4 Å². The Kier molecular flexibility index (Phi) is 6.59. The molecule has 0 spiro atoms. The first-order valence-electron chi connectivity index (χ1n) is 10.4. The molecule has 0 unspecified atom stereocenters. The number of methoxy groups -OCH3 is 1. The lowest BCUT2D eigenvalue weighted by Gasteiger charge is -2.33. The molecule has 0 aromatic carbocycles. The van der Waals surface area contributed by atoms with Crippen molar-refractivity contribution >= 4 is 23.9 Å². The summed E-state index contributed by atoms with van der Waals surface area (Å²) in [7, 11) is 1.20. The zero-order valence-electron chi connectivity index (χ0n) is 18.8. The summed E-state index contributed by atoms with van der Waals surface area (Å²) in [6, 6.07) is 0. The number of hydrogen-bond acceptors (Lipinski definition) is 9. The first kappa shape index (κ1) is 23.7. The lowest BCUT2D eigenvalue weighted by atomic mass is 9.83. The fourth-order valence-corrected chi connectivity index (χ4v) is 3.98. The first-order chi connectivity index (χ1) is 15.0. The Bertz CT molecular complexity index is 914. The van der Waals surface area contributed by atoms with E-state index in [1.807, 2.05) is 6.92 Å². The highest BCUT2D eigenvalue weighted by Crippen LogP contribution is 2.41. The Balaban J connectivity index is 2.14. The van der Waals surface area contributed by atoms with Crippen molar-refractivity contribution < 1.29 is 42.9 Å². The van der Waals surface area contributed by atoms with E-state index in [1.165, 1.54) is 14.0 Å². The van der Waals surface area contributed by atoms with Crippen LogP contribution in [-0.4, -0.2) is 61.0 Å². The van der Waals surface area contributed by atoms with Gasteiger partial charge in [0.1, 0.15) is 6.10 Å². The van der Waals surface area contributed by atoms with Crippen molar-refractivity contribution in [3.63, 3.8) is 0 Å². The zero-order valence-corrected chi connectivity index (χ0v) is 18.8. The number of allylic oxidation sites excluding steroid dienone is 2. The molecule has 2 saturated heterocycles. The molecule has 0 amide bonds. The predicted molar refractivity (Wildman–Crippen MR) is 110 cm³/mol. The number of rotatable bonds is 4. The van der Waals surface area contributed by atoms with Gasteiger partial charge in [-0.2, -0.15) is 0 Å². The molecule has 9 heteroatoms. The van der Waals surface area contributed by atoms with E-state index in [4.69, 9.17) is 23.7 Å². The van der Waals surface area contributed by atoms with Crippen LogP contribution in [0.3, 0.4) is 0 Å². The minimum absolute atomic E-state index is 0.0102. The Morgan fingerprint density at radius 1 is 1.25 bits per heavy atom. The van der Waals surface area contributed by atoms with E-state index >= 15 is 0 Å². The van der Waals surface area contributed by atoms with Crippen molar-refractivity contribution in [1.29, 1.82) is 0 Å². The van der Waals surface area contributed by atoms with Gasteiger partial charge in [-0.05, 0) is 39.7 Å². The van der Waals surface area contributed by atoms with Gasteiger partial charge in [0.15, 0.2) is 17.8 Å². The van der Waals surface area contributed by atoms with Gasteiger partial charge >= 0.3 is 23.9 Å². The molecular formula is C23H28O9. The number of ether oxygens (including phenoxy) is 5. The molecule has 0 radical (unpaired) electrons. The standard InChI is InChI=1S/C23H28O9/c1-11-8-7-9-15(21(26)28-6)18(29-14(4)24)19(31-22(27)23(5)13(3)32-23)17-12(2)20(25)30-16(17)10-11/h9-10,13,16-19H,2,7-8H2,1,3-6H3/b11-10-,15-9+/t13-,16-,17-,18+,19+,23+/m1/s1. The van der Waals surface area contributed by atoms with Gasteiger partial charge in [0.2, 0.25) is 0 Å². The molecule has 174 valence electrons. The number of carbonyl (C=O) groups excluding carboxylic acids is 4. The summed E-state index contributed by atoms with van der Waals surface area (Å²) in [6.07, 6.45) is 0.540. The minimum atomic E-state index is -1.34. The molecule has 0 bridgehead atoms. The van der Waals surface area contributed by atoms with Crippen molar-refractivity contribution in [2.45, 2.75) is 70.6 Å². The molecule has 0 aromatic heterocycles. The lowest BCUT2D eigenvalue weighted by molar-refractivity contribution is -0.173. The third kappa shape index (κ3) is 4.48. The van der Waals surface area contributed by atoms with Crippen LogP contribution in [0.25, 0.3) is 0 Å². The Morgan fingerprint density at radius 3 is 2.47 bits per heavy atom. The van der Waals surface area contributed by atoms with Gasteiger partial charge in [-0.15, -0.1) is 0 Å². The van der Waals surface area contributed by atoms with E-state index in [0.29, 0.717) is 12.8 Å². The van der Waals surface area contributed by atoms with E-state index in [1.54, 1.807) is 26.0 Å². The highest BCUT2D eigenvalue weighted by atomic mass is 16.7. The maximum absolute atomic E-state index is 13.0. The molecule has 2 fully saturated rings. The smallest absolute Gasteiger partial charge is 0.341 e. The van der Waals surface area contributed by atoms with Crippen LogP contribution in [0, 0.1) is 5.92 Å². The molecule has 0 saturated carbocycles. The van der Waals surface area contributed by atoms with Crippen molar-refractivity contribution in [1.82, 2.24) is 0 Å². The fraction of sp³-hybridized carbons (Fsp3) is 0.565. The quantitative estimate of drug-likeness (QED) is 0.209. The van der Waals surface area contributed by atoms with Gasteiger partial charge in [0.25, 0.3) is 0 Å². The second-order valence-corrected chi connectivity index (χ2v) is 8.39. The van der Waals surface area contributed by atoms with Crippen LogP contribution in [0.4, 0.5) is 0 Å². The van der Waals surface area contributed by atoms with Crippen LogP contribution in [0.1, 0.15) is 40.5 Å². The predicted octanol–water partition coefficient (Wildman–Crippen LogP) is 1.94. The van der Waals surface area contributed by atoms with Crippen LogP contribution < -0.4 is 0 Å². The number of carbonyl (C=O) groups is 4. The second-order valence-electron chi connectivity index (χ2n) is 8.39. The fourth-order valence-electron chi connectivity index (χ4n) is 3.98. The van der Waals surface area contributed by atoms with Crippen molar-refractivity contribution in [3.05, 3.63) is 35.5 Å². The second kappa shape index (κ2) is 8.90. The summed E-state index contributed by atoms with van der Waals surface area (Å²) in [5.74, 6) is -3.70. The lowest BCUT2D eigenvalue weighted by Crippen LogP contribution is -2.47. The first-order valence-corrected chi connectivity index (χ1v) is 10.4. The average molecular weight is 448 g/mol. The van der Waals surface area contributed by atoms with Crippen LogP contribution in [0.2, 0.25) is 0 Å². The SMILES string of the molecule is C=C1C(=O)O[C@@H]2/C=C(/C)CC/C=C(/C(=O)OC)[C@H](OC(C)=O)[C@@H](OC(=O)[C@@]3(C)O[C@@H]3C)[C@H]12. The molecule has 32 heavy (non-hydrogen) atoms. The molecule has 0 aromatic rings. The highest BCUT2D eigenvalue weighted by Gasteiger charge is 2.59. The monoisotopic (exact) mass is 448 g/mol. The van der Waals surface area contributed by atoms with Crippen LogP contribution in [0.5, 0.6) is 0 Å². The van der Waals surface area contributed by atoms with Crippen molar-refractivity contribution in [2.24, 2.45) is 5.92 Å². The Morgan fingerprint density at radius 2 is 1.91 bits per heavy atom.